The van der Waals surface area contributed by atoms with Gasteiger partial charge in [0.15, 0.2) is 0 Å². The highest BCUT2D eigenvalue weighted by Gasteiger charge is 2.11. The van der Waals surface area contributed by atoms with Crippen molar-refractivity contribution in [2.24, 2.45) is 0 Å². The van der Waals surface area contributed by atoms with Gasteiger partial charge in [-0.3, -0.25) is 0 Å². The smallest absolute Gasteiger partial charge is 0.0441 e. The summed E-state index contributed by atoms with van der Waals surface area (Å²) in [6.45, 7) is 1.02. The summed E-state index contributed by atoms with van der Waals surface area (Å²) in [7, 11) is 0. The first-order chi connectivity index (χ1) is 10.9. The maximum absolute atomic E-state index is 2.37. The molecule has 0 aromatic heterocycles. The highest BCUT2D eigenvalue weighted by molar-refractivity contribution is 5.83. The molecule has 3 aromatic carbocycles. The van der Waals surface area contributed by atoms with Crippen molar-refractivity contribution in [2.45, 2.75) is 12.8 Å². The molecule has 0 unspecified atom stereocenters. The Hall–Kier alpha value is -2.54. The molecule has 0 saturated carbocycles. The minimum Gasteiger partial charge on any atom is -0.348 e. The normalized spacial score (nSPS) is 13.4. The Bertz CT molecular complexity index is 832. The van der Waals surface area contributed by atoms with E-state index in [9.17, 15) is 0 Å². The highest BCUT2D eigenvalue weighted by Crippen LogP contribution is 2.25. The van der Waals surface area contributed by atoms with Gasteiger partial charge in [-0.25, -0.2) is 0 Å². The van der Waals surface area contributed by atoms with Crippen molar-refractivity contribution in [3.63, 3.8) is 0 Å². The number of para-hydroxylation sites is 1. The van der Waals surface area contributed by atoms with Gasteiger partial charge in [-0.05, 0) is 40.8 Å². The van der Waals surface area contributed by atoms with E-state index in [0.717, 1.165) is 19.4 Å². The summed E-state index contributed by atoms with van der Waals surface area (Å²) in [5.74, 6) is 0. The first-order valence-electron chi connectivity index (χ1n) is 7.89. The van der Waals surface area contributed by atoms with Crippen LogP contribution in [0.15, 0.2) is 79.0 Å². The summed E-state index contributed by atoms with van der Waals surface area (Å²) in [5.41, 5.74) is 4.17. The van der Waals surface area contributed by atoms with Crippen molar-refractivity contribution in [2.75, 3.05) is 11.4 Å². The molecule has 1 nitrogen and oxygen atoms in total. The fraction of sp³-hybridized carbons (Fsp3) is 0.143. The van der Waals surface area contributed by atoms with Gasteiger partial charge in [-0.1, -0.05) is 66.7 Å². The second kappa shape index (κ2) is 5.69. The number of fused-ring (bicyclic) bond motifs is 2. The van der Waals surface area contributed by atoms with Crippen LogP contribution in [0.25, 0.3) is 10.8 Å². The van der Waals surface area contributed by atoms with Gasteiger partial charge >= 0.3 is 0 Å². The predicted octanol–water partition coefficient (Wildman–Crippen LogP) is 4.96. The Balaban J connectivity index is 1.54. The van der Waals surface area contributed by atoms with Crippen molar-refractivity contribution < 1.29 is 0 Å². The Morgan fingerprint density at radius 2 is 1.64 bits per heavy atom. The van der Waals surface area contributed by atoms with E-state index in [2.05, 4.69) is 83.9 Å². The lowest BCUT2D eigenvalue weighted by molar-refractivity contribution is 0.889. The van der Waals surface area contributed by atoms with Crippen LogP contribution in [0.5, 0.6) is 0 Å². The van der Waals surface area contributed by atoms with Gasteiger partial charge in [0.2, 0.25) is 0 Å². The zero-order valence-electron chi connectivity index (χ0n) is 12.6. The molecule has 1 heterocycles. The third kappa shape index (κ3) is 2.50. The van der Waals surface area contributed by atoms with E-state index in [4.69, 9.17) is 0 Å². The van der Waals surface area contributed by atoms with Crippen LogP contribution in [-0.4, -0.2) is 6.54 Å². The summed E-state index contributed by atoms with van der Waals surface area (Å²) in [6, 6.07) is 24.0. The minimum atomic E-state index is 1.02. The molecular weight excluding hydrogens is 266 g/mol. The second-order valence-corrected chi connectivity index (χ2v) is 5.84. The molecule has 0 N–H and O–H groups in total. The van der Waals surface area contributed by atoms with Crippen LogP contribution in [0, 0.1) is 0 Å². The van der Waals surface area contributed by atoms with E-state index < -0.39 is 0 Å². The molecule has 0 saturated heterocycles. The zero-order valence-corrected chi connectivity index (χ0v) is 12.6. The molecule has 0 radical (unpaired) electrons. The lowest BCUT2D eigenvalue weighted by Crippen LogP contribution is -2.22. The largest absolute Gasteiger partial charge is 0.348 e. The number of rotatable bonds is 3. The molecule has 108 valence electrons. The molecule has 0 fully saturated rings. The molecule has 4 rings (SSSR count). The Labute approximate surface area is 131 Å². The lowest BCUT2D eigenvalue weighted by Gasteiger charge is -2.26. The number of anilines is 1. The first-order valence-corrected chi connectivity index (χ1v) is 7.89. The van der Waals surface area contributed by atoms with Crippen molar-refractivity contribution in [1.29, 1.82) is 0 Å². The van der Waals surface area contributed by atoms with E-state index in [1.807, 2.05) is 0 Å². The average molecular weight is 285 g/mol. The molecule has 22 heavy (non-hydrogen) atoms. The van der Waals surface area contributed by atoms with E-state index in [0.29, 0.717) is 0 Å². The van der Waals surface area contributed by atoms with E-state index >= 15 is 0 Å². The molecule has 3 aromatic rings. The fourth-order valence-corrected chi connectivity index (χ4v) is 3.19. The molecular formula is C21H19N. The third-order valence-corrected chi connectivity index (χ3v) is 4.38. The molecule has 0 bridgehead atoms. The van der Waals surface area contributed by atoms with E-state index in [-0.39, 0.29) is 0 Å². The summed E-state index contributed by atoms with van der Waals surface area (Å²) < 4.78 is 0. The average Bonchev–Trinajstić information content (AvgIpc) is 2.60. The predicted molar refractivity (Wildman–Crippen MR) is 94.3 cm³/mol. The first kappa shape index (κ1) is 13.1. The van der Waals surface area contributed by atoms with Crippen LogP contribution < -0.4 is 4.90 Å². The number of allylic oxidation sites excluding steroid dienone is 1. The minimum absolute atomic E-state index is 1.02. The maximum atomic E-state index is 2.37. The van der Waals surface area contributed by atoms with E-state index in [1.54, 1.807) is 0 Å². The Morgan fingerprint density at radius 3 is 2.59 bits per heavy atom. The summed E-state index contributed by atoms with van der Waals surface area (Å²) in [4.78, 5) is 2.37. The quantitative estimate of drug-likeness (QED) is 0.657. The molecule has 0 atom stereocenters. The summed E-state index contributed by atoms with van der Waals surface area (Å²) >= 11 is 0. The second-order valence-electron chi connectivity index (χ2n) is 5.84. The van der Waals surface area contributed by atoms with Crippen molar-refractivity contribution in [1.82, 2.24) is 0 Å². The van der Waals surface area contributed by atoms with Gasteiger partial charge < -0.3 is 4.90 Å². The molecule has 0 spiro atoms. The van der Waals surface area contributed by atoms with Crippen LogP contribution in [0.3, 0.4) is 0 Å². The molecule has 1 aliphatic rings. The van der Waals surface area contributed by atoms with Crippen molar-refractivity contribution in [3.8, 4) is 0 Å². The maximum Gasteiger partial charge on any atom is 0.0441 e. The van der Waals surface area contributed by atoms with Crippen LogP contribution in [-0.2, 0) is 12.8 Å². The van der Waals surface area contributed by atoms with E-state index in [1.165, 1.54) is 27.6 Å². The van der Waals surface area contributed by atoms with Gasteiger partial charge in [-0.15, -0.1) is 0 Å². The Kier molecular flexibility index (Phi) is 3.40. The SMILES string of the molecule is C1=CN(CCc2ccc3ccccc3c2)c2ccccc2C1. The van der Waals surface area contributed by atoms with Crippen LogP contribution in [0.2, 0.25) is 0 Å². The topological polar surface area (TPSA) is 3.24 Å². The molecule has 0 aliphatic carbocycles. The van der Waals surface area contributed by atoms with Crippen LogP contribution in [0.4, 0.5) is 5.69 Å². The van der Waals surface area contributed by atoms with Crippen molar-refractivity contribution >= 4 is 16.5 Å². The lowest BCUT2D eigenvalue weighted by atomic mass is 10.0. The summed E-state index contributed by atoms with van der Waals surface area (Å²) in [6.07, 6.45) is 6.58. The highest BCUT2D eigenvalue weighted by atomic mass is 15.1. The number of benzene rings is 3. The van der Waals surface area contributed by atoms with Crippen LogP contribution in [0.1, 0.15) is 11.1 Å². The molecule has 1 heteroatoms. The van der Waals surface area contributed by atoms with Gasteiger partial charge in [0, 0.05) is 18.4 Å². The van der Waals surface area contributed by atoms with Gasteiger partial charge in [0.05, 0.1) is 0 Å². The van der Waals surface area contributed by atoms with Gasteiger partial charge in [-0.2, -0.15) is 0 Å². The van der Waals surface area contributed by atoms with Crippen LogP contribution >= 0.6 is 0 Å². The standard InChI is InChI=1S/C21H19N/c1-2-8-20-16-17(11-12-18(20)6-1)13-15-22-14-5-9-19-7-3-4-10-21(19)22/h1-8,10-12,14,16H,9,13,15H2. The summed E-state index contributed by atoms with van der Waals surface area (Å²) in [5, 5.41) is 2.64. The monoisotopic (exact) mass is 285 g/mol. The fourth-order valence-electron chi connectivity index (χ4n) is 3.19. The van der Waals surface area contributed by atoms with Gasteiger partial charge in [0.1, 0.15) is 0 Å². The van der Waals surface area contributed by atoms with Gasteiger partial charge in [0.25, 0.3) is 0 Å². The third-order valence-electron chi connectivity index (χ3n) is 4.38. The number of hydrogen-bond acceptors (Lipinski definition) is 1. The number of hydrogen-bond donors (Lipinski definition) is 0. The molecule has 1 aliphatic heterocycles. The Morgan fingerprint density at radius 1 is 0.818 bits per heavy atom. The molecule has 0 amide bonds. The van der Waals surface area contributed by atoms with Crippen molar-refractivity contribution in [3.05, 3.63) is 90.1 Å². The zero-order chi connectivity index (χ0) is 14.8. The number of nitrogens with zero attached hydrogens (tertiary/aromatic N) is 1.